The molecule has 1 rings (SSSR count). The average molecular weight is 275 g/mol. The number of methoxy groups -OCH3 is 2. The van der Waals surface area contributed by atoms with Crippen molar-refractivity contribution in [3.63, 3.8) is 0 Å². The molecule has 0 aromatic heterocycles. The van der Waals surface area contributed by atoms with Gasteiger partial charge in [0.15, 0.2) is 11.5 Å². The summed E-state index contributed by atoms with van der Waals surface area (Å²) in [6.45, 7) is 2.11. The number of carbonyl (C=O) groups excluding carboxylic acids is 1. The van der Waals surface area contributed by atoms with Crippen LogP contribution in [-0.4, -0.2) is 26.8 Å². The summed E-state index contributed by atoms with van der Waals surface area (Å²) in [6.07, 6.45) is 3.50. The SMILES string of the molecule is CCOC(=O)C/C=C/c1cc(OC)c(OC)cc1C#N. The molecule has 0 amide bonds. The Morgan fingerprint density at radius 2 is 1.95 bits per heavy atom. The molecule has 0 N–H and O–H groups in total. The fourth-order valence-electron chi connectivity index (χ4n) is 1.63. The van der Waals surface area contributed by atoms with Crippen LogP contribution in [0.25, 0.3) is 6.08 Å². The molecule has 0 radical (unpaired) electrons. The quantitative estimate of drug-likeness (QED) is 0.746. The van der Waals surface area contributed by atoms with Gasteiger partial charge in [0.25, 0.3) is 0 Å². The fraction of sp³-hybridized carbons (Fsp3) is 0.333. The number of nitrogens with zero attached hydrogens (tertiary/aromatic N) is 1. The van der Waals surface area contributed by atoms with Gasteiger partial charge in [-0.05, 0) is 18.6 Å². The molecule has 20 heavy (non-hydrogen) atoms. The fourth-order valence-corrected chi connectivity index (χ4v) is 1.63. The van der Waals surface area contributed by atoms with Crippen molar-refractivity contribution < 1.29 is 19.0 Å². The summed E-state index contributed by atoms with van der Waals surface area (Å²) < 4.78 is 15.1. The molecule has 0 bridgehead atoms. The molecule has 5 heteroatoms. The van der Waals surface area contributed by atoms with Crippen LogP contribution in [0.5, 0.6) is 11.5 Å². The lowest BCUT2D eigenvalue weighted by molar-refractivity contribution is -0.142. The third kappa shape index (κ3) is 4.02. The van der Waals surface area contributed by atoms with E-state index in [1.54, 1.807) is 31.2 Å². The van der Waals surface area contributed by atoms with Crippen molar-refractivity contribution in [3.05, 3.63) is 29.3 Å². The van der Waals surface area contributed by atoms with E-state index >= 15 is 0 Å². The predicted molar refractivity (Wildman–Crippen MR) is 74.5 cm³/mol. The number of nitriles is 1. The predicted octanol–water partition coefficient (Wildman–Crippen LogP) is 2.54. The molecule has 0 saturated heterocycles. The van der Waals surface area contributed by atoms with Crippen LogP contribution in [0, 0.1) is 11.3 Å². The maximum Gasteiger partial charge on any atom is 0.309 e. The van der Waals surface area contributed by atoms with Crippen molar-refractivity contribution >= 4 is 12.0 Å². The Kier molecular flexibility index (Phi) is 6.11. The van der Waals surface area contributed by atoms with E-state index < -0.39 is 0 Å². The average Bonchev–Trinajstić information content (AvgIpc) is 2.46. The summed E-state index contributed by atoms with van der Waals surface area (Å²) in [7, 11) is 3.03. The maximum absolute atomic E-state index is 11.2. The molecule has 0 aliphatic carbocycles. The smallest absolute Gasteiger partial charge is 0.309 e. The Hall–Kier alpha value is -2.48. The van der Waals surface area contributed by atoms with Crippen molar-refractivity contribution in [2.24, 2.45) is 0 Å². The van der Waals surface area contributed by atoms with Gasteiger partial charge in [0.2, 0.25) is 0 Å². The van der Waals surface area contributed by atoms with Crippen LogP contribution < -0.4 is 9.47 Å². The first-order valence-corrected chi connectivity index (χ1v) is 6.14. The summed E-state index contributed by atoms with van der Waals surface area (Å²) in [5.41, 5.74) is 1.11. The van der Waals surface area contributed by atoms with Crippen LogP contribution in [0.1, 0.15) is 24.5 Å². The highest BCUT2D eigenvalue weighted by Crippen LogP contribution is 2.30. The lowest BCUT2D eigenvalue weighted by atomic mass is 10.1. The molecule has 106 valence electrons. The number of ether oxygens (including phenoxy) is 3. The topological polar surface area (TPSA) is 68.6 Å². The third-order valence-electron chi connectivity index (χ3n) is 2.56. The van der Waals surface area contributed by atoms with E-state index in [1.807, 2.05) is 0 Å². The minimum absolute atomic E-state index is 0.160. The van der Waals surface area contributed by atoms with Crippen molar-refractivity contribution in [1.82, 2.24) is 0 Å². The van der Waals surface area contributed by atoms with E-state index in [9.17, 15) is 4.79 Å². The third-order valence-corrected chi connectivity index (χ3v) is 2.56. The van der Waals surface area contributed by atoms with Crippen LogP contribution in [-0.2, 0) is 9.53 Å². The van der Waals surface area contributed by atoms with Gasteiger partial charge < -0.3 is 14.2 Å². The van der Waals surface area contributed by atoms with E-state index in [0.717, 1.165) is 0 Å². The first-order chi connectivity index (χ1) is 9.65. The molecular weight excluding hydrogens is 258 g/mol. The molecule has 5 nitrogen and oxygen atoms in total. The number of hydrogen-bond donors (Lipinski definition) is 0. The first-order valence-electron chi connectivity index (χ1n) is 6.14. The van der Waals surface area contributed by atoms with Crippen molar-refractivity contribution in [2.75, 3.05) is 20.8 Å². The zero-order chi connectivity index (χ0) is 15.0. The van der Waals surface area contributed by atoms with E-state index in [2.05, 4.69) is 6.07 Å². The molecule has 1 aromatic rings. The second kappa shape index (κ2) is 7.85. The molecular formula is C15H17NO4. The summed E-state index contributed by atoms with van der Waals surface area (Å²) in [6, 6.07) is 5.38. The van der Waals surface area contributed by atoms with Crippen LogP contribution in [0.4, 0.5) is 0 Å². The molecule has 1 aromatic carbocycles. The Morgan fingerprint density at radius 3 is 2.50 bits per heavy atom. The molecule has 0 heterocycles. The van der Waals surface area contributed by atoms with Gasteiger partial charge in [0.1, 0.15) is 0 Å². The van der Waals surface area contributed by atoms with Crippen molar-refractivity contribution in [3.8, 4) is 17.6 Å². The number of carbonyl (C=O) groups is 1. The maximum atomic E-state index is 11.2. The summed E-state index contributed by atoms with van der Waals surface area (Å²) in [4.78, 5) is 11.2. The zero-order valence-corrected chi connectivity index (χ0v) is 11.8. The van der Waals surface area contributed by atoms with Gasteiger partial charge in [0.05, 0.1) is 38.9 Å². The normalized spacial score (nSPS) is 10.1. The van der Waals surface area contributed by atoms with Crippen LogP contribution >= 0.6 is 0 Å². The zero-order valence-electron chi connectivity index (χ0n) is 11.8. The van der Waals surface area contributed by atoms with E-state index in [0.29, 0.717) is 29.2 Å². The molecule has 0 spiro atoms. The minimum Gasteiger partial charge on any atom is -0.493 e. The summed E-state index contributed by atoms with van der Waals surface area (Å²) in [5.74, 6) is 0.719. The standard InChI is InChI=1S/C15H17NO4/c1-4-20-15(17)7-5-6-11-8-13(18-2)14(19-3)9-12(11)10-16/h5-6,8-9H,4,7H2,1-3H3/b6-5+. The molecule has 0 unspecified atom stereocenters. The monoisotopic (exact) mass is 275 g/mol. The van der Waals surface area contributed by atoms with Crippen LogP contribution in [0.2, 0.25) is 0 Å². The molecule has 0 aliphatic heterocycles. The second-order valence-electron chi connectivity index (χ2n) is 3.82. The highest BCUT2D eigenvalue weighted by atomic mass is 16.5. The lowest BCUT2D eigenvalue weighted by Crippen LogP contribution is -2.01. The van der Waals surface area contributed by atoms with Crippen LogP contribution in [0.15, 0.2) is 18.2 Å². The van der Waals surface area contributed by atoms with Gasteiger partial charge >= 0.3 is 5.97 Å². The Labute approximate surface area is 118 Å². The van der Waals surface area contributed by atoms with Crippen molar-refractivity contribution in [1.29, 1.82) is 5.26 Å². The van der Waals surface area contributed by atoms with Gasteiger partial charge in [0, 0.05) is 6.07 Å². The molecule has 0 fully saturated rings. The number of benzene rings is 1. The van der Waals surface area contributed by atoms with Gasteiger partial charge in [-0.15, -0.1) is 0 Å². The summed E-state index contributed by atoms with van der Waals surface area (Å²) in [5, 5.41) is 9.12. The number of hydrogen-bond acceptors (Lipinski definition) is 5. The van der Waals surface area contributed by atoms with E-state index in [-0.39, 0.29) is 12.4 Å². The highest BCUT2D eigenvalue weighted by Gasteiger charge is 2.09. The Balaban J connectivity index is 2.97. The van der Waals surface area contributed by atoms with Gasteiger partial charge in [-0.2, -0.15) is 5.26 Å². The largest absolute Gasteiger partial charge is 0.493 e. The summed E-state index contributed by atoms with van der Waals surface area (Å²) >= 11 is 0. The van der Waals surface area contributed by atoms with Crippen LogP contribution in [0.3, 0.4) is 0 Å². The highest BCUT2D eigenvalue weighted by molar-refractivity contribution is 5.73. The number of esters is 1. The second-order valence-corrected chi connectivity index (χ2v) is 3.82. The molecule has 0 atom stereocenters. The van der Waals surface area contributed by atoms with E-state index in [1.165, 1.54) is 14.2 Å². The first kappa shape index (κ1) is 15.6. The Bertz CT molecular complexity index is 544. The number of rotatable bonds is 6. The minimum atomic E-state index is -0.303. The lowest BCUT2D eigenvalue weighted by Gasteiger charge is -2.09. The van der Waals surface area contributed by atoms with Gasteiger partial charge in [-0.25, -0.2) is 0 Å². The Morgan fingerprint density at radius 1 is 1.30 bits per heavy atom. The van der Waals surface area contributed by atoms with E-state index in [4.69, 9.17) is 19.5 Å². The van der Waals surface area contributed by atoms with Crippen molar-refractivity contribution in [2.45, 2.75) is 13.3 Å². The molecule has 0 aliphatic rings. The van der Waals surface area contributed by atoms with Gasteiger partial charge in [-0.3, -0.25) is 4.79 Å². The molecule has 0 saturated carbocycles. The van der Waals surface area contributed by atoms with Gasteiger partial charge in [-0.1, -0.05) is 12.2 Å².